The molecule has 1 amide bonds. The highest BCUT2D eigenvalue weighted by Crippen LogP contribution is 2.19. The summed E-state index contributed by atoms with van der Waals surface area (Å²) in [7, 11) is 0. The highest BCUT2D eigenvalue weighted by atomic mass is 16.1. The van der Waals surface area contributed by atoms with Crippen LogP contribution in [0.25, 0.3) is 11.3 Å². The Bertz CT molecular complexity index is 1060. The molecule has 0 aliphatic heterocycles. The average molecular weight is 332 g/mol. The van der Waals surface area contributed by atoms with Gasteiger partial charge >= 0.3 is 0 Å². The van der Waals surface area contributed by atoms with Gasteiger partial charge in [-0.25, -0.2) is 14.2 Å². The van der Waals surface area contributed by atoms with E-state index in [9.17, 15) is 4.79 Å². The van der Waals surface area contributed by atoms with E-state index in [-0.39, 0.29) is 5.91 Å². The summed E-state index contributed by atoms with van der Waals surface area (Å²) >= 11 is 0. The maximum atomic E-state index is 12.7. The third-order valence-corrected chi connectivity index (χ3v) is 3.88. The van der Waals surface area contributed by atoms with E-state index in [2.05, 4.69) is 20.5 Å². The van der Waals surface area contributed by atoms with E-state index < -0.39 is 0 Å². The molecule has 0 bridgehead atoms. The lowest BCUT2D eigenvalue weighted by atomic mass is 10.2. The second-order valence-corrected chi connectivity index (χ2v) is 5.82. The van der Waals surface area contributed by atoms with E-state index in [0.717, 1.165) is 16.9 Å². The summed E-state index contributed by atoms with van der Waals surface area (Å²) in [6.45, 7) is 3.91. The number of carbonyl (C=O) groups is 1. The lowest BCUT2D eigenvalue weighted by Gasteiger charge is -2.08. The predicted octanol–water partition coefficient (Wildman–Crippen LogP) is 2.78. The fourth-order valence-electron chi connectivity index (χ4n) is 2.64. The summed E-state index contributed by atoms with van der Waals surface area (Å²) in [5.74, 6) is 0.323. The van der Waals surface area contributed by atoms with Crippen molar-refractivity contribution in [3.05, 3.63) is 71.8 Å². The van der Waals surface area contributed by atoms with Crippen LogP contribution in [-0.2, 0) is 0 Å². The first kappa shape index (κ1) is 15.1. The van der Waals surface area contributed by atoms with Crippen LogP contribution in [0.4, 0.5) is 5.82 Å². The van der Waals surface area contributed by atoms with Crippen LogP contribution < -0.4 is 5.32 Å². The van der Waals surface area contributed by atoms with Crippen molar-refractivity contribution in [1.29, 1.82) is 0 Å². The van der Waals surface area contributed by atoms with Gasteiger partial charge in [-0.3, -0.25) is 4.79 Å². The average Bonchev–Trinajstić information content (AvgIpc) is 3.19. The molecule has 124 valence electrons. The van der Waals surface area contributed by atoms with Crippen molar-refractivity contribution in [1.82, 2.24) is 24.4 Å². The van der Waals surface area contributed by atoms with Gasteiger partial charge in [-0.1, -0.05) is 17.7 Å². The Morgan fingerprint density at radius 2 is 1.96 bits per heavy atom. The third kappa shape index (κ3) is 2.76. The molecule has 0 unspecified atom stereocenters. The quantitative estimate of drug-likeness (QED) is 0.626. The van der Waals surface area contributed by atoms with Crippen LogP contribution in [0.1, 0.15) is 21.6 Å². The third-order valence-electron chi connectivity index (χ3n) is 3.88. The normalized spacial score (nSPS) is 11.0. The molecule has 0 radical (unpaired) electrons. The number of fused-ring (bicyclic) bond motifs is 1. The molecule has 0 fully saturated rings. The van der Waals surface area contributed by atoms with Crippen molar-refractivity contribution in [3.63, 3.8) is 0 Å². The van der Waals surface area contributed by atoms with Crippen LogP contribution in [0, 0.1) is 13.8 Å². The summed E-state index contributed by atoms with van der Waals surface area (Å²) in [6, 6.07) is 11.5. The Labute approximate surface area is 143 Å². The first-order valence-electron chi connectivity index (χ1n) is 7.85. The van der Waals surface area contributed by atoms with Gasteiger partial charge in [0, 0.05) is 18.5 Å². The molecule has 25 heavy (non-hydrogen) atoms. The summed E-state index contributed by atoms with van der Waals surface area (Å²) in [5.41, 5.74) is 3.78. The molecule has 0 aliphatic rings. The van der Waals surface area contributed by atoms with Gasteiger partial charge in [0.2, 0.25) is 0 Å². The standard InChI is InChI=1S/C18H16N6O/c1-12-4-6-14(7-5-12)24-16(10-13(2)22-24)21-18(25)15-11-20-23-9-3-8-19-17(15)23/h3-11H,1-2H3,(H,21,25). The highest BCUT2D eigenvalue weighted by molar-refractivity contribution is 6.07. The second-order valence-electron chi connectivity index (χ2n) is 5.82. The number of benzene rings is 1. The van der Waals surface area contributed by atoms with E-state index in [0.29, 0.717) is 17.0 Å². The van der Waals surface area contributed by atoms with Crippen molar-refractivity contribution in [2.45, 2.75) is 13.8 Å². The molecule has 3 heterocycles. The minimum absolute atomic E-state index is 0.276. The summed E-state index contributed by atoms with van der Waals surface area (Å²) in [4.78, 5) is 16.9. The Kier molecular flexibility index (Phi) is 3.53. The van der Waals surface area contributed by atoms with Crippen LogP contribution in [0.15, 0.2) is 55.0 Å². The Balaban J connectivity index is 1.69. The fourth-order valence-corrected chi connectivity index (χ4v) is 2.64. The van der Waals surface area contributed by atoms with Crippen molar-refractivity contribution < 1.29 is 4.79 Å². The number of hydrogen-bond acceptors (Lipinski definition) is 4. The van der Waals surface area contributed by atoms with E-state index in [1.807, 2.05) is 44.2 Å². The van der Waals surface area contributed by atoms with Crippen LogP contribution in [0.3, 0.4) is 0 Å². The largest absolute Gasteiger partial charge is 0.306 e. The molecule has 0 saturated heterocycles. The number of nitrogens with zero attached hydrogens (tertiary/aromatic N) is 5. The van der Waals surface area contributed by atoms with Crippen LogP contribution in [-0.4, -0.2) is 30.3 Å². The topological polar surface area (TPSA) is 77.1 Å². The number of nitrogens with one attached hydrogen (secondary N) is 1. The number of anilines is 1. The smallest absolute Gasteiger partial charge is 0.262 e. The molecule has 0 spiro atoms. The SMILES string of the molecule is Cc1ccc(-n2nc(C)cc2NC(=O)c2cnn3cccnc23)cc1. The monoisotopic (exact) mass is 332 g/mol. The zero-order valence-corrected chi connectivity index (χ0v) is 13.8. The molecule has 1 aromatic carbocycles. The van der Waals surface area contributed by atoms with E-state index >= 15 is 0 Å². The molecule has 4 rings (SSSR count). The minimum atomic E-state index is -0.276. The van der Waals surface area contributed by atoms with Gasteiger partial charge in [-0.2, -0.15) is 10.2 Å². The van der Waals surface area contributed by atoms with Crippen LogP contribution in [0.2, 0.25) is 0 Å². The fraction of sp³-hybridized carbons (Fsp3) is 0.111. The molecule has 7 nitrogen and oxygen atoms in total. The van der Waals surface area contributed by atoms with Gasteiger partial charge in [0.15, 0.2) is 5.65 Å². The number of aryl methyl sites for hydroxylation is 2. The first-order chi connectivity index (χ1) is 12.1. The van der Waals surface area contributed by atoms with Crippen molar-refractivity contribution in [2.24, 2.45) is 0 Å². The van der Waals surface area contributed by atoms with Crippen molar-refractivity contribution in [3.8, 4) is 5.69 Å². The van der Waals surface area contributed by atoms with Crippen molar-refractivity contribution in [2.75, 3.05) is 5.32 Å². The maximum Gasteiger partial charge on any atom is 0.262 e. The molecule has 7 heteroatoms. The minimum Gasteiger partial charge on any atom is -0.306 e. The molecule has 0 saturated carbocycles. The van der Waals surface area contributed by atoms with Gasteiger partial charge < -0.3 is 5.32 Å². The van der Waals surface area contributed by atoms with Crippen molar-refractivity contribution >= 4 is 17.4 Å². The van der Waals surface area contributed by atoms with Gasteiger partial charge in [-0.05, 0) is 32.0 Å². The summed E-state index contributed by atoms with van der Waals surface area (Å²) < 4.78 is 3.28. The zero-order chi connectivity index (χ0) is 17.4. The van der Waals surface area contributed by atoms with E-state index in [1.165, 1.54) is 6.20 Å². The number of aromatic nitrogens is 5. The molecule has 1 N–H and O–H groups in total. The molecule has 4 aromatic rings. The number of carbonyl (C=O) groups excluding carboxylic acids is 1. The molecular weight excluding hydrogens is 316 g/mol. The summed E-state index contributed by atoms with van der Waals surface area (Å²) in [5, 5.41) is 11.5. The molecular formula is C18H16N6O. The van der Waals surface area contributed by atoms with E-state index in [4.69, 9.17) is 0 Å². The zero-order valence-electron chi connectivity index (χ0n) is 13.8. The molecule has 0 atom stereocenters. The summed E-state index contributed by atoms with van der Waals surface area (Å²) in [6.07, 6.45) is 4.89. The van der Waals surface area contributed by atoms with Gasteiger partial charge in [0.25, 0.3) is 5.91 Å². The van der Waals surface area contributed by atoms with E-state index in [1.54, 1.807) is 27.7 Å². The van der Waals surface area contributed by atoms with Gasteiger partial charge in [0.1, 0.15) is 11.4 Å². The number of amides is 1. The first-order valence-corrected chi connectivity index (χ1v) is 7.85. The lowest BCUT2D eigenvalue weighted by Crippen LogP contribution is -2.15. The molecule has 3 aromatic heterocycles. The predicted molar refractivity (Wildman–Crippen MR) is 94.0 cm³/mol. The lowest BCUT2D eigenvalue weighted by molar-refractivity contribution is 0.102. The second kappa shape index (κ2) is 5.86. The van der Waals surface area contributed by atoms with Gasteiger partial charge in [0.05, 0.1) is 17.6 Å². The maximum absolute atomic E-state index is 12.7. The molecule has 0 aliphatic carbocycles. The Morgan fingerprint density at radius 3 is 2.76 bits per heavy atom. The van der Waals surface area contributed by atoms with Crippen LogP contribution in [0.5, 0.6) is 0 Å². The van der Waals surface area contributed by atoms with Gasteiger partial charge in [-0.15, -0.1) is 0 Å². The number of rotatable bonds is 3. The Hall–Kier alpha value is -3.48. The van der Waals surface area contributed by atoms with Crippen LogP contribution >= 0.6 is 0 Å². The number of hydrogen-bond donors (Lipinski definition) is 1. The highest BCUT2D eigenvalue weighted by Gasteiger charge is 2.16. The Morgan fingerprint density at radius 1 is 1.16 bits per heavy atom.